The summed E-state index contributed by atoms with van der Waals surface area (Å²) in [5, 5.41) is 7.58. The van der Waals surface area contributed by atoms with Crippen LogP contribution in [0, 0.1) is 0 Å². The molecule has 0 spiro atoms. The third-order valence-electron chi connectivity index (χ3n) is 9.62. The molecule has 0 saturated heterocycles. The molecule has 0 saturated carbocycles. The Hall–Kier alpha value is -6.24. The SMILES string of the molecule is c1ccc(-c2cccc(-c3c4ccccc4c(-c4cccc(-c5cccc(-c6ccc7ccccc7c6)c5)c4)c4ccccc34)c2)cc1. The summed E-state index contributed by atoms with van der Waals surface area (Å²) in [6.45, 7) is 0. The lowest BCUT2D eigenvalue weighted by molar-refractivity contribution is 1.59. The summed E-state index contributed by atoms with van der Waals surface area (Å²) in [6.07, 6.45) is 0. The molecule has 224 valence electrons. The Bertz CT molecular complexity index is 2550. The first-order valence-corrected chi connectivity index (χ1v) is 16.6. The molecule has 0 bridgehead atoms. The van der Waals surface area contributed by atoms with Crippen molar-refractivity contribution in [3.05, 3.63) is 194 Å². The van der Waals surface area contributed by atoms with Gasteiger partial charge in [-0.1, -0.05) is 170 Å². The molecule has 9 aromatic carbocycles. The lowest BCUT2D eigenvalue weighted by Crippen LogP contribution is -1.91. The van der Waals surface area contributed by atoms with Gasteiger partial charge in [-0.25, -0.2) is 0 Å². The van der Waals surface area contributed by atoms with E-state index in [1.54, 1.807) is 0 Å². The first-order valence-electron chi connectivity index (χ1n) is 16.6. The second kappa shape index (κ2) is 11.8. The van der Waals surface area contributed by atoms with Crippen molar-refractivity contribution in [1.82, 2.24) is 0 Å². The molecule has 0 aliphatic heterocycles. The van der Waals surface area contributed by atoms with Gasteiger partial charge >= 0.3 is 0 Å². The van der Waals surface area contributed by atoms with Crippen molar-refractivity contribution >= 4 is 32.3 Å². The fourth-order valence-electron chi connectivity index (χ4n) is 7.34. The summed E-state index contributed by atoms with van der Waals surface area (Å²) in [7, 11) is 0. The van der Waals surface area contributed by atoms with E-state index in [2.05, 4.69) is 194 Å². The van der Waals surface area contributed by atoms with Gasteiger partial charge in [0.2, 0.25) is 0 Å². The van der Waals surface area contributed by atoms with Crippen molar-refractivity contribution in [3.63, 3.8) is 0 Å². The lowest BCUT2D eigenvalue weighted by atomic mass is 9.85. The molecule has 0 amide bonds. The smallest absolute Gasteiger partial charge is 0.00262 e. The molecule has 0 unspecified atom stereocenters. The molecule has 0 fully saturated rings. The Kier molecular flexibility index (Phi) is 6.91. The Morgan fingerprint density at radius 1 is 0.188 bits per heavy atom. The molecule has 0 heteroatoms. The molecular weight excluding hydrogens is 577 g/mol. The Morgan fingerprint density at radius 3 is 1.06 bits per heavy atom. The largest absolute Gasteiger partial charge is 0.0622 e. The standard InChI is InChI=1S/C48H32/c1-2-13-33(14-3-1)36-17-11-21-41(31-36)47-43-23-6-8-25-45(43)48(46-26-9-7-24-44(46)47)42-22-12-20-39(32-42)37-18-10-19-38(30-37)40-28-27-34-15-4-5-16-35(34)29-40/h1-32H. The molecule has 9 rings (SSSR count). The van der Waals surface area contributed by atoms with Crippen LogP contribution in [0.25, 0.3) is 88.0 Å². The van der Waals surface area contributed by atoms with Crippen LogP contribution in [0.3, 0.4) is 0 Å². The monoisotopic (exact) mass is 608 g/mol. The predicted molar refractivity (Wildman–Crippen MR) is 206 cm³/mol. The quantitative estimate of drug-likeness (QED) is 0.171. The zero-order valence-electron chi connectivity index (χ0n) is 26.5. The van der Waals surface area contributed by atoms with E-state index in [4.69, 9.17) is 0 Å². The number of rotatable bonds is 5. The number of fused-ring (bicyclic) bond motifs is 3. The molecule has 0 aliphatic rings. The third kappa shape index (κ3) is 4.96. The normalized spacial score (nSPS) is 11.3. The van der Waals surface area contributed by atoms with Gasteiger partial charge in [-0.15, -0.1) is 0 Å². The topological polar surface area (TPSA) is 0 Å². The van der Waals surface area contributed by atoms with Crippen LogP contribution >= 0.6 is 0 Å². The van der Waals surface area contributed by atoms with E-state index in [0.29, 0.717) is 0 Å². The summed E-state index contributed by atoms with van der Waals surface area (Å²) in [6, 6.07) is 70.7. The average Bonchev–Trinajstić information content (AvgIpc) is 3.17. The molecule has 48 heavy (non-hydrogen) atoms. The van der Waals surface area contributed by atoms with E-state index in [1.165, 1.54) is 88.0 Å². The van der Waals surface area contributed by atoms with E-state index in [0.717, 1.165) is 0 Å². The summed E-state index contributed by atoms with van der Waals surface area (Å²) < 4.78 is 0. The van der Waals surface area contributed by atoms with E-state index >= 15 is 0 Å². The van der Waals surface area contributed by atoms with Gasteiger partial charge in [-0.3, -0.25) is 0 Å². The van der Waals surface area contributed by atoms with Crippen molar-refractivity contribution in [3.8, 4) is 55.6 Å². The maximum Gasteiger partial charge on any atom is -0.00262 e. The maximum absolute atomic E-state index is 2.36. The van der Waals surface area contributed by atoms with Gasteiger partial charge in [0.25, 0.3) is 0 Å². The molecule has 0 radical (unpaired) electrons. The molecule has 9 aromatic rings. The van der Waals surface area contributed by atoms with Crippen LogP contribution in [0.4, 0.5) is 0 Å². The van der Waals surface area contributed by atoms with E-state index in [-0.39, 0.29) is 0 Å². The second-order valence-corrected chi connectivity index (χ2v) is 12.5. The highest BCUT2D eigenvalue weighted by Crippen LogP contribution is 2.44. The zero-order chi connectivity index (χ0) is 31.9. The molecule has 0 nitrogen and oxygen atoms in total. The predicted octanol–water partition coefficient (Wildman–Crippen LogP) is 13.5. The number of hydrogen-bond acceptors (Lipinski definition) is 0. The lowest BCUT2D eigenvalue weighted by Gasteiger charge is -2.18. The molecule has 0 heterocycles. The number of hydrogen-bond donors (Lipinski definition) is 0. The van der Waals surface area contributed by atoms with Gasteiger partial charge in [0.1, 0.15) is 0 Å². The van der Waals surface area contributed by atoms with Crippen molar-refractivity contribution in [1.29, 1.82) is 0 Å². The van der Waals surface area contributed by atoms with Gasteiger partial charge in [0.05, 0.1) is 0 Å². The van der Waals surface area contributed by atoms with Crippen LogP contribution in [0.1, 0.15) is 0 Å². The van der Waals surface area contributed by atoms with Crippen LogP contribution < -0.4 is 0 Å². The summed E-state index contributed by atoms with van der Waals surface area (Å²) >= 11 is 0. The zero-order valence-corrected chi connectivity index (χ0v) is 26.5. The molecule has 0 N–H and O–H groups in total. The Morgan fingerprint density at radius 2 is 0.542 bits per heavy atom. The van der Waals surface area contributed by atoms with Crippen LogP contribution in [0.5, 0.6) is 0 Å². The van der Waals surface area contributed by atoms with Crippen molar-refractivity contribution < 1.29 is 0 Å². The molecule has 0 atom stereocenters. The summed E-state index contributed by atoms with van der Waals surface area (Å²) in [5.74, 6) is 0. The highest BCUT2D eigenvalue weighted by molar-refractivity contribution is 6.21. The fourth-order valence-corrected chi connectivity index (χ4v) is 7.34. The van der Waals surface area contributed by atoms with Crippen LogP contribution in [0.15, 0.2) is 194 Å². The first kappa shape index (κ1) is 28.0. The Labute approximate surface area is 281 Å². The summed E-state index contributed by atoms with van der Waals surface area (Å²) in [4.78, 5) is 0. The molecule has 0 aliphatic carbocycles. The van der Waals surface area contributed by atoms with Crippen LogP contribution in [-0.2, 0) is 0 Å². The van der Waals surface area contributed by atoms with Crippen molar-refractivity contribution in [2.45, 2.75) is 0 Å². The molecule has 0 aromatic heterocycles. The van der Waals surface area contributed by atoms with Gasteiger partial charge in [0.15, 0.2) is 0 Å². The Balaban J connectivity index is 1.20. The van der Waals surface area contributed by atoms with Gasteiger partial charge in [-0.2, -0.15) is 0 Å². The van der Waals surface area contributed by atoms with Crippen molar-refractivity contribution in [2.75, 3.05) is 0 Å². The van der Waals surface area contributed by atoms with Gasteiger partial charge < -0.3 is 0 Å². The fraction of sp³-hybridized carbons (Fsp3) is 0. The van der Waals surface area contributed by atoms with Crippen LogP contribution in [0.2, 0.25) is 0 Å². The minimum absolute atomic E-state index is 1.21. The first-order chi connectivity index (χ1) is 23.8. The third-order valence-corrected chi connectivity index (χ3v) is 9.62. The number of benzene rings is 9. The van der Waals surface area contributed by atoms with E-state index in [1.807, 2.05) is 0 Å². The van der Waals surface area contributed by atoms with Crippen LogP contribution in [-0.4, -0.2) is 0 Å². The van der Waals surface area contributed by atoms with Gasteiger partial charge in [-0.05, 0) is 112 Å². The second-order valence-electron chi connectivity index (χ2n) is 12.5. The van der Waals surface area contributed by atoms with E-state index < -0.39 is 0 Å². The minimum Gasteiger partial charge on any atom is -0.0622 e. The minimum atomic E-state index is 1.21. The van der Waals surface area contributed by atoms with E-state index in [9.17, 15) is 0 Å². The molecular formula is C48H32. The highest BCUT2D eigenvalue weighted by atomic mass is 14.2. The summed E-state index contributed by atoms with van der Waals surface area (Å²) in [5.41, 5.74) is 12.3. The maximum atomic E-state index is 2.36. The van der Waals surface area contributed by atoms with Gasteiger partial charge in [0, 0.05) is 0 Å². The highest BCUT2D eigenvalue weighted by Gasteiger charge is 2.17. The average molecular weight is 609 g/mol. The van der Waals surface area contributed by atoms with Crippen molar-refractivity contribution in [2.24, 2.45) is 0 Å².